The van der Waals surface area contributed by atoms with Crippen molar-refractivity contribution in [2.45, 2.75) is 33.9 Å². The zero-order valence-electron chi connectivity index (χ0n) is 12.5. The van der Waals surface area contributed by atoms with Crippen LogP contribution in [0.1, 0.15) is 30.9 Å². The molecule has 0 radical (unpaired) electrons. The van der Waals surface area contributed by atoms with Gasteiger partial charge in [-0.05, 0) is 19.4 Å². The second-order valence-electron chi connectivity index (χ2n) is 5.53. The van der Waals surface area contributed by atoms with Crippen LogP contribution in [0.3, 0.4) is 0 Å². The molecule has 2 rings (SSSR count). The van der Waals surface area contributed by atoms with Gasteiger partial charge in [0.15, 0.2) is 0 Å². The highest BCUT2D eigenvalue weighted by Gasteiger charge is 2.11. The minimum absolute atomic E-state index is 0.647. The van der Waals surface area contributed by atoms with Crippen molar-refractivity contribution >= 4 is 11.6 Å². The summed E-state index contributed by atoms with van der Waals surface area (Å²) in [6.07, 6.45) is 3.89. The van der Waals surface area contributed by atoms with E-state index in [1.165, 1.54) is 0 Å². The van der Waals surface area contributed by atoms with Crippen LogP contribution in [-0.4, -0.2) is 25.9 Å². The van der Waals surface area contributed by atoms with Crippen molar-refractivity contribution in [2.75, 3.05) is 6.54 Å². The fourth-order valence-electron chi connectivity index (χ4n) is 2.10. The maximum Gasteiger partial charge on any atom is 0.0953 e. The molecule has 0 aliphatic heterocycles. The quantitative estimate of drug-likeness (QED) is 0.890. The topological polar surface area (TPSA) is 47.7 Å². The first-order valence-corrected chi connectivity index (χ1v) is 7.24. The third-order valence-corrected chi connectivity index (χ3v) is 3.63. The minimum atomic E-state index is 0.647. The van der Waals surface area contributed by atoms with Crippen molar-refractivity contribution in [3.63, 3.8) is 0 Å². The summed E-state index contributed by atoms with van der Waals surface area (Å²) >= 11 is 6.26. The van der Waals surface area contributed by atoms with E-state index in [9.17, 15) is 0 Å². The van der Waals surface area contributed by atoms with Crippen molar-refractivity contribution in [2.24, 2.45) is 13.0 Å². The van der Waals surface area contributed by atoms with E-state index in [4.69, 9.17) is 11.6 Å². The number of nitrogens with zero attached hydrogens (tertiary/aromatic N) is 4. The molecule has 5 nitrogen and oxygen atoms in total. The Morgan fingerprint density at radius 1 is 1.40 bits per heavy atom. The smallest absolute Gasteiger partial charge is 0.0953 e. The van der Waals surface area contributed by atoms with Crippen LogP contribution < -0.4 is 5.32 Å². The summed E-state index contributed by atoms with van der Waals surface area (Å²) in [5.74, 6) is 0.647. The van der Waals surface area contributed by atoms with Crippen LogP contribution in [0, 0.1) is 12.8 Å². The first kappa shape index (κ1) is 15.1. The molecule has 2 aromatic rings. The van der Waals surface area contributed by atoms with Crippen molar-refractivity contribution < 1.29 is 0 Å². The van der Waals surface area contributed by atoms with Crippen LogP contribution in [0.15, 0.2) is 12.5 Å². The summed E-state index contributed by atoms with van der Waals surface area (Å²) < 4.78 is 3.86. The van der Waals surface area contributed by atoms with Crippen LogP contribution in [-0.2, 0) is 20.1 Å². The average Bonchev–Trinajstić information content (AvgIpc) is 2.90. The highest BCUT2D eigenvalue weighted by molar-refractivity contribution is 6.31. The largest absolute Gasteiger partial charge is 0.331 e. The fourth-order valence-corrected chi connectivity index (χ4v) is 2.32. The highest BCUT2D eigenvalue weighted by Crippen LogP contribution is 2.20. The summed E-state index contributed by atoms with van der Waals surface area (Å²) in [5.41, 5.74) is 2.91. The Bertz CT molecular complexity index is 570. The van der Waals surface area contributed by atoms with Gasteiger partial charge in [0.05, 0.1) is 35.0 Å². The summed E-state index contributed by atoms with van der Waals surface area (Å²) in [4.78, 5) is 4.40. The summed E-state index contributed by atoms with van der Waals surface area (Å²) in [6, 6.07) is 0. The van der Waals surface area contributed by atoms with E-state index in [2.05, 4.69) is 29.2 Å². The molecule has 2 heterocycles. The molecule has 0 bridgehead atoms. The molecule has 0 aliphatic carbocycles. The van der Waals surface area contributed by atoms with Gasteiger partial charge < -0.3 is 9.88 Å². The van der Waals surface area contributed by atoms with E-state index in [0.717, 1.165) is 35.2 Å². The fraction of sp³-hybridized carbons (Fsp3) is 0.571. The Kier molecular flexibility index (Phi) is 4.83. The van der Waals surface area contributed by atoms with Gasteiger partial charge >= 0.3 is 0 Å². The van der Waals surface area contributed by atoms with Gasteiger partial charge in [0.1, 0.15) is 0 Å². The standard InChI is InChI=1S/C14H22ClN5/c1-10(2)5-16-6-12-7-20(9-17-12)8-13-14(15)11(3)18-19(13)4/h7,9-10,16H,5-6,8H2,1-4H3. The Morgan fingerprint density at radius 3 is 2.75 bits per heavy atom. The number of halogens is 1. The Labute approximate surface area is 125 Å². The lowest BCUT2D eigenvalue weighted by atomic mass is 10.2. The molecule has 20 heavy (non-hydrogen) atoms. The molecule has 2 aromatic heterocycles. The number of hydrogen-bond acceptors (Lipinski definition) is 3. The van der Waals surface area contributed by atoms with Gasteiger partial charge in [-0.1, -0.05) is 25.4 Å². The molecule has 110 valence electrons. The molecular weight excluding hydrogens is 274 g/mol. The third kappa shape index (κ3) is 3.61. The molecule has 0 unspecified atom stereocenters. The van der Waals surface area contributed by atoms with E-state index in [1.807, 2.05) is 35.7 Å². The first-order chi connectivity index (χ1) is 9.47. The Balaban J connectivity index is 1.99. The second-order valence-corrected chi connectivity index (χ2v) is 5.91. The number of rotatable bonds is 6. The number of aromatic nitrogens is 4. The molecule has 0 amide bonds. The number of nitrogens with one attached hydrogen (secondary N) is 1. The molecular formula is C14H22ClN5. The molecule has 0 saturated heterocycles. The molecule has 0 spiro atoms. The zero-order valence-corrected chi connectivity index (χ0v) is 13.3. The maximum atomic E-state index is 6.26. The van der Waals surface area contributed by atoms with Gasteiger partial charge in [0.25, 0.3) is 0 Å². The lowest BCUT2D eigenvalue weighted by Gasteiger charge is -2.05. The van der Waals surface area contributed by atoms with Gasteiger partial charge in [0, 0.05) is 19.8 Å². The van der Waals surface area contributed by atoms with E-state index >= 15 is 0 Å². The normalized spacial score (nSPS) is 11.5. The summed E-state index contributed by atoms with van der Waals surface area (Å²) in [5, 5.41) is 8.44. The molecule has 1 N–H and O–H groups in total. The van der Waals surface area contributed by atoms with Crippen molar-refractivity contribution in [1.82, 2.24) is 24.6 Å². The molecule has 0 aliphatic rings. The molecule has 0 saturated carbocycles. The van der Waals surface area contributed by atoms with Crippen LogP contribution in [0.2, 0.25) is 5.02 Å². The third-order valence-electron chi connectivity index (χ3n) is 3.14. The minimum Gasteiger partial charge on any atom is -0.331 e. The maximum absolute atomic E-state index is 6.26. The van der Waals surface area contributed by atoms with Gasteiger partial charge in [-0.15, -0.1) is 0 Å². The molecule has 0 atom stereocenters. The van der Waals surface area contributed by atoms with Gasteiger partial charge in [-0.25, -0.2) is 4.98 Å². The highest BCUT2D eigenvalue weighted by atomic mass is 35.5. The molecule has 0 aromatic carbocycles. The van der Waals surface area contributed by atoms with Crippen LogP contribution in [0.25, 0.3) is 0 Å². The van der Waals surface area contributed by atoms with Crippen molar-refractivity contribution in [1.29, 1.82) is 0 Å². The van der Waals surface area contributed by atoms with Gasteiger partial charge in [-0.3, -0.25) is 4.68 Å². The van der Waals surface area contributed by atoms with Gasteiger partial charge in [0.2, 0.25) is 0 Å². The predicted molar refractivity (Wildman–Crippen MR) is 80.8 cm³/mol. The number of imidazole rings is 1. The first-order valence-electron chi connectivity index (χ1n) is 6.86. The molecule has 6 heteroatoms. The van der Waals surface area contributed by atoms with E-state index in [0.29, 0.717) is 12.5 Å². The Hall–Kier alpha value is -1.33. The van der Waals surface area contributed by atoms with E-state index in [1.54, 1.807) is 0 Å². The SMILES string of the molecule is Cc1nn(C)c(Cn2cnc(CNCC(C)C)c2)c1Cl. The van der Waals surface area contributed by atoms with Crippen LogP contribution in [0.5, 0.6) is 0 Å². The van der Waals surface area contributed by atoms with Crippen molar-refractivity contribution in [3.05, 3.63) is 34.6 Å². The van der Waals surface area contributed by atoms with Crippen LogP contribution >= 0.6 is 11.6 Å². The lowest BCUT2D eigenvalue weighted by Crippen LogP contribution is -2.19. The number of hydrogen-bond donors (Lipinski definition) is 1. The lowest BCUT2D eigenvalue weighted by molar-refractivity contribution is 0.548. The number of aryl methyl sites for hydroxylation is 2. The van der Waals surface area contributed by atoms with Gasteiger partial charge in [-0.2, -0.15) is 5.10 Å². The van der Waals surface area contributed by atoms with E-state index < -0.39 is 0 Å². The average molecular weight is 296 g/mol. The monoisotopic (exact) mass is 295 g/mol. The summed E-state index contributed by atoms with van der Waals surface area (Å²) in [6.45, 7) is 8.79. The predicted octanol–water partition coefficient (Wildman–Crippen LogP) is 2.37. The summed E-state index contributed by atoms with van der Waals surface area (Å²) in [7, 11) is 1.91. The zero-order chi connectivity index (χ0) is 14.7. The van der Waals surface area contributed by atoms with Crippen LogP contribution in [0.4, 0.5) is 0 Å². The van der Waals surface area contributed by atoms with Crippen molar-refractivity contribution in [3.8, 4) is 0 Å². The second kappa shape index (κ2) is 6.41. The van der Waals surface area contributed by atoms with E-state index in [-0.39, 0.29) is 0 Å². The Morgan fingerprint density at radius 2 is 2.15 bits per heavy atom. The molecule has 0 fully saturated rings.